The van der Waals surface area contributed by atoms with E-state index in [1.54, 1.807) is 25.7 Å². The topological polar surface area (TPSA) is 79.3 Å². The number of amides is 1. The number of carboxylic acids is 1. The van der Waals surface area contributed by atoms with Crippen LogP contribution in [0.4, 0.5) is 13.6 Å². The van der Waals surface area contributed by atoms with Crippen LogP contribution in [0.1, 0.15) is 33.6 Å². The molecule has 0 saturated carbocycles. The molecule has 0 aromatic carbocycles. The summed E-state index contributed by atoms with van der Waals surface area (Å²) in [5, 5.41) is 9.25. The van der Waals surface area contributed by atoms with E-state index in [9.17, 15) is 23.5 Å². The second-order valence-electron chi connectivity index (χ2n) is 7.68. The zero-order valence-electron chi connectivity index (χ0n) is 14.8. The first-order chi connectivity index (χ1) is 11.5. The molecule has 2 saturated heterocycles. The van der Waals surface area contributed by atoms with E-state index in [0.717, 1.165) is 0 Å². The highest BCUT2D eigenvalue weighted by Gasteiger charge is 2.46. The minimum atomic E-state index is -2.54. The van der Waals surface area contributed by atoms with Gasteiger partial charge in [-0.15, -0.1) is 0 Å². The fourth-order valence-corrected chi connectivity index (χ4v) is 3.24. The van der Waals surface area contributed by atoms with E-state index in [1.807, 2.05) is 0 Å². The summed E-state index contributed by atoms with van der Waals surface area (Å²) in [4.78, 5) is 26.4. The number of piperidine rings is 1. The first kappa shape index (κ1) is 19.8. The Bertz CT molecular complexity index is 501. The molecule has 0 bridgehead atoms. The second-order valence-corrected chi connectivity index (χ2v) is 7.68. The Morgan fingerprint density at radius 2 is 1.92 bits per heavy atom. The average Bonchev–Trinajstić information content (AvgIpc) is 2.44. The standard InChI is InChI=1S/C16H26F2N2O5/c1-15(2,3)25-14(23)20-6-4-16(5-7-20)10-19(9-12(17)18)8-11(24-16)13(21)22/h11-12H,4-10H2,1-3H3,(H,21,22). The van der Waals surface area contributed by atoms with Crippen molar-refractivity contribution in [3.63, 3.8) is 0 Å². The molecule has 1 spiro atoms. The maximum absolute atomic E-state index is 12.7. The van der Waals surface area contributed by atoms with Crippen molar-refractivity contribution in [2.45, 2.75) is 57.3 Å². The summed E-state index contributed by atoms with van der Waals surface area (Å²) in [5.41, 5.74) is -1.43. The quantitative estimate of drug-likeness (QED) is 0.823. The Morgan fingerprint density at radius 1 is 1.32 bits per heavy atom. The highest BCUT2D eigenvalue weighted by Crippen LogP contribution is 2.33. The Morgan fingerprint density at radius 3 is 2.40 bits per heavy atom. The van der Waals surface area contributed by atoms with Gasteiger partial charge in [-0.05, 0) is 33.6 Å². The van der Waals surface area contributed by atoms with E-state index < -0.39 is 42.3 Å². The van der Waals surface area contributed by atoms with Crippen LogP contribution in [0.15, 0.2) is 0 Å². The van der Waals surface area contributed by atoms with Crippen LogP contribution in [0, 0.1) is 0 Å². The van der Waals surface area contributed by atoms with Gasteiger partial charge >= 0.3 is 12.1 Å². The molecule has 2 fully saturated rings. The number of carboxylic acid groups (broad SMARTS) is 1. The smallest absolute Gasteiger partial charge is 0.410 e. The molecule has 0 aliphatic carbocycles. The van der Waals surface area contributed by atoms with Crippen LogP contribution in [0.25, 0.3) is 0 Å². The predicted molar refractivity (Wildman–Crippen MR) is 84.7 cm³/mol. The largest absolute Gasteiger partial charge is 0.479 e. The van der Waals surface area contributed by atoms with Gasteiger partial charge in [-0.3, -0.25) is 4.90 Å². The molecule has 7 nitrogen and oxygen atoms in total. The van der Waals surface area contributed by atoms with Crippen molar-refractivity contribution in [3.05, 3.63) is 0 Å². The van der Waals surface area contributed by atoms with Crippen LogP contribution in [-0.2, 0) is 14.3 Å². The highest BCUT2D eigenvalue weighted by atomic mass is 19.3. The van der Waals surface area contributed by atoms with Crippen molar-refractivity contribution in [2.24, 2.45) is 0 Å². The zero-order valence-corrected chi connectivity index (χ0v) is 14.8. The molecule has 25 heavy (non-hydrogen) atoms. The molecule has 2 aliphatic heterocycles. The minimum absolute atomic E-state index is 0.0583. The zero-order chi connectivity index (χ0) is 18.8. The average molecular weight is 364 g/mol. The summed E-state index contributed by atoms with van der Waals surface area (Å²) in [6, 6.07) is 0. The molecule has 0 aromatic rings. The number of rotatable bonds is 3. The van der Waals surface area contributed by atoms with E-state index in [2.05, 4.69) is 0 Å². The molecule has 144 valence electrons. The third-order valence-electron chi connectivity index (χ3n) is 4.33. The number of aliphatic carboxylic acids is 1. The maximum atomic E-state index is 12.7. The number of hydrogen-bond acceptors (Lipinski definition) is 5. The van der Waals surface area contributed by atoms with Crippen molar-refractivity contribution in [2.75, 3.05) is 32.7 Å². The Kier molecular flexibility index (Phi) is 5.88. The maximum Gasteiger partial charge on any atom is 0.410 e. The molecule has 9 heteroatoms. The van der Waals surface area contributed by atoms with Gasteiger partial charge in [0, 0.05) is 26.2 Å². The van der Waals surface area contributed by atoms with Crippen molar-refractivity contribution in [1.82, 2.24) is 9.80 Å². The predicted octanol–water partition coefficient (Wildman–Crippen LogP) is 1.81. The van der Waals surface area contributed by atoms with Gasteiger partial charge < -0.3 is 19.5 Å². The molecule has 2 rings (SSSR count). The fourth-order valence-electron chi connectivity index (χ4n) is 3.24. The summed E-state index contributed by atoms with van der Waals surface area (Å²) in [5.74, 6) is -1.16. The molecule has 2 aliphatic rings. The van der Waals surface area contributed by atoms with Gasteiger partial charge in [0.2, 0.25) is 0 Å². The molecular weight excluding hydrogens is 338 g/mol. The number of alkyl halides is 2. The van der Waals surface area contributed by atoms with Gasteiger partial charge in [0.15, 0.2) is 6.10 Å². The fraction of sp³-hybridized carbons (Fsp3) is 0.875. The summed E-state index contributed by atoms with van der Waals surface area (Å²) in [6.07, 6.45) is -3.34. The number of halogens is 2. The summed E-state index contributed by atoms with van der Waals surface area (Å²) in [7, 11) is 0. The molecule has 0 aromatic heterocycles. The van der Waals surface area contributed by atoms with Crippen LogP contribution < -0.4 is 0 Å². The Hall–Kier alpha value is -1.48. The SMILES string of the molecule is CC(C)(C)OC(=O)N1CCC2(CC1)CN(CC(F)F)CC(C(=O)O)O2. The number of morpholine rings is 1. The molecule has 1 N–H and O–H groups in total. The normalized spacial score (nSPS) is 24.6. The monoisotopic (exact) mass is 364 g/mol. The molecule has 1 unspecified atom stereocenters. The van der Waals surface area contributed by atoms with Crippen LogP contribution in [0.3, 0.4) is 0 Å². The molecule has 1 amide bonds. The van der Waals surface area contributed by atoms with Gasteiger partial charge in [-0.1, -0.05) is 0 Å². The van der Waals surface area contributed by atoms with Crippen LogP contribution >= 0.6 is 0 Å². The molecule has 0 radical (unpaired) electrons. The van der Waals surface area contributed by atoms with Crippen LogP contribution in [-0.4, -0.2) is 83.4 Å². The lowest BCUT2D eigenvalue weighted by Crippen LogP contribution is -2.62. The van der Waals surface area contributed by atoms with Crippen LogP contribution in [0.5, 0.6) is 0 Å². The van der Waals surface area contributed by atoms with Crippen molar-refractivity contribution in [1.29, 1.82) is 0 Å². The lowest BCUT2D eigenvalue weighted by atomic mass is 9.88. The van der Waals surface area contributed by atoms with Crippen molar-refractivity contribution < 1.29 is 33.0 Å². The van der Waals surface area contributed by atoms with E-state index in [0.29, 0.717) is 25.9 Å². The van der Waals surface area contributed by atoms with Gasteiger partial charge in [0.1, 0.15) is 5.60 Å². The number of hydrogen-bond donors (Lipinski definition) is 1. The number of nitrogens with zero attached hydrogens (tertiary/aromatic N) is 2. The molecular formula is C16H26F2N2O5. The number of carbonyl (C=O) groups excluding carboxylic acids is 1. The van der Waals surface area contributed by atoms with Gasteiger partial charge in [-0.2, -0.15) is 0 Å². The van der Waals surface area contributed by atoms with Crippen molar-refractivity contribution in [3.8, 4) is 0 Å². The number of carbonyl (C=O) groups is 2. The molecule has 1 atom stereocenters. The first-order valence-electron chi connectivity index (χ1n) is 8.39. The van der Waals surface area contributed by atoms with E-state index >= 15 is 0 Å². The summed E-state index contributed by atoms with van der Waals surface area (Å²) in [6.45, 7) is 5.71. The van der Waals surface area contributed by atoms with E-state index in [-0.39, 0.29) is 13.1 Å². The minimum Gasteiger partial charge on any atom is -0.479 e. The second kappa shape index (κ2) is 7.41. The van der Waals surface area contributed by atoms with Crippen LogP contribution in [0.2, 0.25) is 0 Å². The highest BCUT2D eigenvalue weighted by molar-refractivity contribution is 5.73. The Labute approximate surface area is 145 Å². The van der Waals surface area contributed by atoms with Gasteiger partial charge in [0.25, 0.3) is 6.43 Å². The molecule has 2 heterocycles. The Balaban J connectivity index is 2.01. The van der Waals surface area contributed by atoms with Gasteiger partial charge in [-0.25, -0.2) is 18.4 Å². The lowest BCUT2D eigenvalue weighted by molar-refractivity contribution is -0.197. The first-order valence-corrected chi connectivity index (χ1v) is 8.39. The number of ether oxygens (including phenoxy) is 2. The summed E-state index contributed by atoms with van der Waals surface area (Å²) < 4.78 is 36.5. The number of likely N-dealkylation sites (tertiary alicyclic amines) is 1. The lowest BCUT2D eigenvalue weighted by Gasteiger charge is -2.49. The van der Waals surface area contributed by atoms with E-state index in [4.69, 9.17) is 9.47 Å². The van der Waals surface area contributed by atoms with Gasteiger partial charge in [0.05, 0.1) is 12.1 Å². The van der Waals surface area contributed by atoms with E-state index in [1.165, 1.54) is 4.90 Å². The summed E-state index contributed by atoms with van der Waals surface area (Å²) >= 11 is 0. The van der Waals surface area contributed by atoms with Crippen molar-refractivity contribution >= 4 is 12.1 Å². The third kappa shape index (κ3) is 5.50. The third-order valence-corrected chi connectivity index (χ3v) is 4.33.